The van der Waals surface area contributed by atoms with Crippen molar-refractivity contribution in [2.75, 3.05) is 19.8 Å². The highest BCUT2D eigenvalue weighted by molar-refractivity contribution is 7.99. The summed E-state index contributed by atoms with van der Waals surface area (Å²) in [5, 5.41) is 0.855. The first-order valence-electron chi connectivity index (χ1n) is 6.50. The van der Waals surface area contributed by atoms with Crippen molar-refractivity contribution in [1.29, 1.82) is 0 Å². The lowest BCUT2D eigenvalue weighted by atomic mass is 10.2. The van der Waals surface area contributed by atoms with Crippen LogP contribution in [0.5, 0.6) is 0 Å². The minimum absolute atomic E-state index is 0.799. The molecule has 0 saturated heterocycles. The lowest BCUT2D eigenvalue weighted by Crippen LogP contribution is -2.37. The maximum Gasteiger partial charge on any atom is 0.0945 e. The molecule has 2 rings (SSSR count). The molecule has 0 unspecified atom stereocenters. The van der Waals surface area contributed by atoms with Crippen LogP contribution in [0.1, 0.15) is 25.7 Å². The summed E-state index contributed by atoms with van der Waals surface area (Å²) in [6.07, 6.45) is 13.4. The summed E-state index contributed by atoms with van der Waals surface area (Å²) in [6, 6.07) is 0.799. The van der Waals surface area contributed by atoms with Crippen molar-refractivity contribution in [2.45, 2.75) is 43.5 Å². The third kappa shape index (κ3) is 3.49. The molecule has 3 nitrogen and oxygen atoms in total. The van der Waals surface area contributed by atoms with Gasteiger partial charge in [-0.1, -0.05) is 6.42 Å². The first-order chi connectivity index (χ1) is 8.31. The van der Waals surface area contributed by atoms with Crippen LogP contribution in [0.25, 0.3) is 0 Å². The fraction of sp³-hybridized carbons (Fsp3) is 0.769. The predicted octanol–water partition coefficient (Wildman–Crippen LogP) is 2.49. The van der Waals surface area contributed by atoms with Crippen molar-refractivity contribution < 1.29 is 0 Å². The molecular weight excluding hydrogens is 230 g/mol. The molecule has 1 aromatic rings. The van der Waals surface area contributed by atoms with Crippen molar-refractivity contribution in [1.82, 2.24) is 14.5 Å². The molecule has 0 aliphatic heterocycles. The zero-order valence-corrected chi connectivity index (χ0v) is 11.7. The van der Waals surface area contributed by atoms with Gasteiger partial charge >= 0.3 is 0 Å². The summed E-state index contributed by atoms with van der Waals surface area (Å²) in [6.45, 7) is 2.28. The molecule has 17 heavy (non-hydrogen) atoms. The zero-order valence-electron chi connectivity index (χ0n) is 10.9. The number of aromatic nitrogens is 2. The van der Waals surface area contributed by atoms with E-state index in [4.69, 9.17) is 0 Å². The van der Waals surface area contributed by atoms with Crippen LogP contribution in [0.4, 0.5) is 0 Å². The average Bonchev–Trinajstić information content (AvgIpc) is 2.99. The zero-order chi connectivity index (χ0) is 12.1. The van der Waals surface area contributed by atoms with Gasteiger partial charge in [0.25, 0.3) is 0 Å². The summed E-state index contributed by atoms with van der Waals surface area (Å²) in [5.41, 5.74) is 0. The molecule has 0 aromatic carbocycles. The van der Waals surface area contributed by atoms with Crippen molar-refractivity contribution >= 4 is 11.8 Å². The van der Waals surface area contributed by atoms with Crippen molar-refractivity contribution in [3.63, 3.8) is 0 Å². The Morgan fingerprint density at radius 1 is 1.47 bits per heavy atom. The Kier molecular flexibility index (Phi) is 4.92. The second kappa shape index (κ2) is 6.45. The predicted molar refractivity (Wildman–Crippen MR) is 74.4 cm³/mol. The van der Waals surface area contributed by atoms with Gasteiger partial charge in [0, 0.05) is 30.2 Å². The van der Waals surface area contributed by atoms with E-state index >= 15 is 0 Å². The molecule has 1 aromatic heterocycles. The van der Waals surface area contributed by atoms with Gasteiger partial charge in [-0.3, -0.25) is 0 Å². The highest BCUT2D eigenvalue weighted by Crippen LogP contribution is 2.31. The van der Waals surface area contributed by atoms with Crippen LogP contribution in [0, 0.1) is 0 Å². The largest absolute Gasteiger partial charge is 0.337 e. The molecule has 1 heterocycles. The van der Waals surface area contributed by atoms with Gasteiger partial charge in [0.15, 0.2) is 0 Å². The average molecular weight is 253 g/mol. The molecule has 0 amide bonds. The van der Waals surface area contributed by atoms with E-state index in [1.165, 1.54) is 32.2 Å². The number of hydrogen-bond acceptors (Lipinski definition) is 3. The van der Waals surface area contributed by atoms with E-state index in [0.29, 0.717) is 0 Å². The van der Waals surface area contributed by atoms with E-state index in [1.807, 2.05) is 30.5 Å². The van der Waals surface area contributed by atoms with Crippen LogP contribution in [0.2, 0.25) is 0 Å². The number of aryl methyl sites for hydroxylation is 1. The molecule has 1 aliphatic carbocycles. The Labute approximate surface area is 109 Å². The number of nitrogens with zero attached hydrogens (tertiary/aromatic N) is 3. The van der Waals surface area contributed by atoms with Crippen LogP contribution in [0.3, 0.4) is 0 Å². The Bertz CT molecular complexity index is 312. The molecule has 0 N–H and O–H groups in total. The van der Waals surface area contributed by atoms with Crippen LogP contribution < -0.4 is 0 Å². The topological polar surface area (TPSA) is 21.1 Å². The standard InChI is InChI=1S/C13H23N3S/c1-15(12-5-3-6-13(12)17-2)8-4-9-16-10-7-14-11-16/h7,10-13H,3-6,8-9H2,1-2H3/t12-,13-/m1/s1. The summed E-state index contributed by atoms with van der Waals surface area (Å²) >= 11 is 2.04. The molecule has 0 bridgehead atoms. The Hall–Kier alpha value is -0.480. The molecule has 0 spiro atoms. The third-order valence-electron chi connectivity index (χ3n) is 3.77. The summed E-state index contributed by atoms with van der Waals surface area (Å²) in [5.74, 6) is 0. The summed E-state index contributed by atoms with van der Waals surface area (Å²) < 4.78 is 2.16. The fourth-order valence-corrected chi connectivity index (χ4v) is 3.83. The lowest BCUT2D eigenvalue weighted by Gasteiger charge is -2.28. The molecule has 1 fully saturated rings. The third-order valence-corrected chi connectivity index (χ3v) is 4.93. The van der Waals surface area contributed by atoms with Gasteiger partial charge in [-0.05, 0) is 39.1 Å². The van der Waals surface area contributed by atoms with Crippen molar-refractivity contribution in [3.8, 4) is 0 Å². The van der Waals surface area contributed by atoms with E-state index in [1.54, 1.807) is 0 Å². The lowest BCUT2D eigenvalue weighted by molar-refractivity contribution is 0.243. The van der Waals surface area contributed by atoms with E-state index in [2.05, 4.69) is 27.8 Å². The van der Waals surface area contributed by atoms with Gasteiger partial charge in [0.05, 0.1) is 6.33 Å². The first kappa shape index (κ1) is 13.0. The molecule has 1 aliphatic rings. The second-order valence-corrected chi connectivity index (χ2v) is 5.98. The van der Waals surface area contributed by atoms with E-state index in [9.17, 15) is 0 Å². The maximum atomic E-state index is 4.07. The summed E-state index contributed by atoms with van der Waals surface area (Å²) in [4.78, 5) is 6.63. The monoisotopic (exact) mass is 253 g/mol. The molecule has 96 valence electrons. The van der Waals surface area contributed by atoms with E-state index < -0.39 is 0 Å². The number of rotatable bonds is 6. The SMILES string of the molecule is CS[C@@H]1CCC[C@H]1N(C)CCCn1ccnc1. The maximum absolute atomic E-state index is 4.07. The van der Waals surface area contributed by atoms with Crippen LogP contribution in [-0.2, 0) is 6.54 Å². The highest BCUT2D eigenvalue weighted by Gasteiger charge is 2.29. The Balaban J connectivity index is 1.71. The van der Waals surface area contributed by atoms with Gasteiger partial charge in [0.1, 0.15) is 0 Å². The normalized spacial score (nSPS) is 24.6. The minimum atomic E-state index is 0.799. The van der Waals surface area contributed by atoms with Gasteiger partial charge in [-0.25, -0.2) is 4.98 Å². The van der Waals surface area contributed by atoms with E-state index in [-0.39, 0.29) is 0 Å². The molecule has 1 saturated carbocycles. The van der Waals surface area contributed by atoms with E-state index in [0.717, 1.165) is 17.8 Å². The van der Waals surface area contributed by atoms with Crippen LogP contribution in [0.15, 0.2) is 18.7 Å². The minimum Gasteiger partial charge on any atom is -0.337 e. The van der Waals surface area contributed by atoms with Crippen molar-refractivity contribution in [3.05, 3.63) is 18.7 Å². The number of imidazole rings is 1. The Morgan fingerprint density at radius 2 is 2.35 bits per heavy atom. The quantitative estimate of drug-likeness (QED) is 0.777. The molecular formula is C13H23N3S. The smallest absolute Gasteiger partial charge is 0.0945 e. The van der Waals surface area contributed by atoms with Crippen LogP contribution in [-0.4, -0.2) is 45.6 Å². The Morgan fingerprint density at radius 3 is 3.06 bits per heavy atom. The van der Waals surface area contributed by atoms with Gasteiger partial charge < -0.3 is 9.47 Å². The summed E-state index contributed by atoms with van der Waals surface area (Å²) in [7, 11) is 2.28. The number of hydrogen-bond donors (Lipinski definition) is 0. The molecule has 2 atom stereocenters. The molecule has 4 heteroatoms. The van der Waals surface area contributed by atoms with Crippen LogP contribution >= 0.6 is 11.8 Å². The number of thioether (sulfide) groups is 1. The second-order valence-electron chi connectivity index (χ2n) is 4.91. The fourth-order valence-electron chi connectivity index (χ4n) is 2.77. The molecule has 0 radical (unpaired) electrons. The van der Waals surface area contributed by atoms with Gasteiger partial charge in [0.2, 0.25) is 0 Å². The van der Waals surface area contributed by atoms with Crippen molar-refractivity contribution in [2.24, 2.45) is 0 Å². The van der Waals surface area contributed by atoms with Gasteiger partial charge in [-0.2, -0.15) is 11.8 Å². The first-order valence-corrected chi connectivity index (χ1v) is 7.79. The highest BCUT2D eigenvalue weighted by atomic mass is 32.2. The van der Waals surface area contributed by atoms with Gasteiger partial charge in [-0.15, -0.1) is 0 Å².